The normalized spacial score (nSPS) is 13.4. The first-order chi connectivity index (χ1) is 7.68. The third kappa shape index (κ3) is 6.29. The van der Waals surface area contributed by atoms with Crippen molar-refractivity contribution < 1.29 is 19.1 Å². The summed E-state index contributed by atoms with van der Waals surface area (Å²) in [7, 11) is 0. The van der Waals surface area contributed by atoms with E-state index in [1.165, 1.54) is 0 Å². The van der Waals surface area contributed by atoms with E-state index in [0.717, 1.165) is 0 Å². The molecule has 4 nitrogen and oxygen atoms in total. The number of rotatable bonds is 5. The van der Waals surface area contributed by atoms with E-state index < -0.39 is 17.5 Å². The van der Waals surface area contributed by atoms with Crippen LogP contribution >= 0.6 is 0 Å². The predicted molar refractivity (Wildman–Crippen MR) is 65.4 cm³/mol. The fraction of sp³-hybridized carbons (Fsp3) is 0.846. The van der Waals surface area contributed by atoms with Crippen molar-refractivity contribution in [3.05, 3.63) is 0 Å². The molecule has 0 amide bonds. The molecule has 17 heavy (non-hydrogen) atoms. The van der Waals surface area contributed by atoms with E-state index in [4.69, 9.17) is 9.47 Å². The number of carbonyl (C=O) groups is 2. The van der Waals surface area contributed by atoms with Gasteiger partial charge in [-0.1, -0.05) is 13.8 Å². The molecule has 100 valence electrons. The Kier molecular flexibility index (Phi) is 6.21. The lowest BCUT2D eigenvalue weighted by atomic mass is 9.97. The van der Waals surface area contributed by atoms with Crippen LogP contribution in [0.3, 0.4) is 0 Å². The van der Waals surface area contributed by atoms with E-state index in [9.17, 15) is 9.59 Å². The summed E-state index contributed by atoms with van der Waals surface area (Å²) in [6.45, 7) is 11.2. The molecule has 1 atom stereocenters. The first kappa shape index (κ1) is 15.9. The van der Waals surface area contributed by atoms with E-state index in [-0.39, 0.29) is 11.9 Å². The van der Waals surface area contributed by atoms with Crippen LogP contribution in [0.15, 0.2) is 0 Å². The highest BCUT2D eigenvalue weighted by Crippen LogP contribution is 2.19. The van der Waals surface area contributed by atoms with Gasteiger partial charge >= 0.3 is 11.9 Å². The average molecular weight is 244 g/mol. The molecule has 0 heterocycles. The molecule has 0 radical (unpaired) electrons. The first-order valence-electron chi connectivity index (χ1n) is 6.06. The lowest BCUT2D eigenvalue weighted by Gasteiger charge is -2.23. The van der Waals surface area contributed by atoms with Crippen LogP contribution in [0.4, 0.5) is 0 Å². The molecule has 0 aromatic heterocycles. The molecule has 0 rings (SSSR count). The quantitative estimate of drug-likeness (QED) is 0.697. The predicted octanol–water partition coefficient (Wildman–Crippen LogP) is 2.55. The van der Waals surface area contributed by atoms with Crippen molar-refractivity contribution in [1.29, 1.82) is 0 Å². The van der Waals surface area contributed by atoms with Gasteiger partial charge in [0.2, 0.25) is 0 Å². The summed E-state index contributed by atoms with van der Waals surface area (Å²) in [4.78, 5) is 23.4. The molecule has 0 fully saturated rings. The van der Waals surface area contributed by atoms with Crippen molar-refractivity contribution in [3.8, 4) is 0 Å². The second kappa shape index (κ2) is 6.62. The highest BCUT2D eigenvalue weighted by atomic mass is 16.6. The Morgan fingerprint density at radius 3 is 2.06 bits per heavy atom. The van der Waals surface area contributed by atoms with E-state index in [1.807, 2.05) is 13.8 Å². The molecular formula is C13H24O4. The maximum atomic E-state index is 11.7. The van der Waals surface area contributed by atoms with Crippen molar-refractivity contribution in [2.45, 2.75) is 54.1 Å². The van der Waals surface area contributed by atoms with Crippen molar-refractivity contribution in [1.82, 2.24) is 0 Å². The minimum absolute atomic E-state index is 0.261. The van der Waals surface area contributed by atoms with Gasteiger partial charge in [0.05, 0.1) is 12.0 Å². The zero-order chi connectivity index (χ0) is 13.6. The van der Waals surface area contributed by atoms with Crippen molar-refractivity contribution in [3.63, 3.8) is 0 Å². The summed E-state index contributed by atoms with van der Waals surface area (Å²) in [5.74, 6) is -0.577. The monoisotopic (exact) mass is 244 g/mol. The van der Waals surface area contributed by atoms with Crippen LogP contribution in [0.1, 0.15) is 48.0 Å². The Balaban J connectivity index is 4.60. The summed E-state index contributed by atoms with van der Waals surface area (Å²) in [5, 5.41) is 0. The molecule has 0 N–H and O–H groups in total. The summed E-state index contributed by atoms with van der Waals surface area (Å²) >= 11 is 0. The molecule has 0 aliphatic heterocycles. The number of hydrogen-bond acceptors (Lipinski definition) is 4. The molecular weight excluding hydrogens is 220 g/mol. The van der Waals surface area contributed by atoms with E-state index in [2.05, 4.69) is 0 Å². The maximum absolute atomic E-state index is 11.7. The molecule has 0 aromatic rings. The van der Waals surface area contributed by atoms with Crippen molar-refractivity contribution in [2.75, 3.05) is 6.61 Å². The van der Waals surface area contributed by atoms with Crippen LogP contribution in [0.5, 0.6) is 0 Å². The molecule has 0 saturated heterocycles. The minimum atomic E-state index is -0.790. The molecule has 0 saturated carbocycles. The number of hydrogen-bond donors (Lipinski definition) is 0. The Morgan fingerprint density at radius 2 is 1.71 bits per heavy atom. The third-order valence-corrected chi connectivity index (χ3v) is 2.10. The Bertz CT molecular complexity index is 263. The molecule has 0 aromatic carbocycles. The fourth-order valence-corrected chi connectivity index (χ4v) is 1.16. The second-order valence-electron chi connectivity index (χ2n) is 5.53. The molecule has 0 aliphatic rings. The van der Waals surface area contributed by atoms with Crippen LogP contribution in [0, 0.1) is 11.3 Å². The molecule has 0 unspecified atom stereocenters. The van der Waals surface area contributed by atoms with Gasteiger partial charge < -0.3 is 9.47 Å². The van der Waals surface area contributed by atoms with Gasteiger partial charge in [0.15, 0.2) is 6.10 Å². The van der Waals surface area contributed by atoms with E-state index in [1.54, 1.807) is 27.7 Å². The smallest absolute Gasteiger partial charge is 0.347 e. The van der Waals surface area contributed by atoms with Gasteiger partial charge in [-0.15, -0.1) is 0 Å². The summed E-state index contributed by atoms with van der Waals surface area (Å²) in [6.07, 6.45) is -0.303. The van der Waals surface area contributed by atoms with E-state index >= 15 is 0 Å². The maximum Gasteiger partial charge on any atom is 0.347 e. The van der Waals surface area contributed by atoms with E-state index in [0.29, 0.717) is 13.0 Å². The largest absolute Gasteiger partial charge is 0.463 e. The standard InChI is InChI=1S/C13H24O4/c1-7-16-11(14)10(8-9(2)3)17-12(15)13(4,5)6/h9-10H,7-8H2,1-6H3/t10-/m0/s1. The highest BCUT2D eigenvalue weighted by Gasteiger charge is 2.31. The summed E-state index contributed by atoms with van der Waals surface area (Å²) < 4.78 is 10.1. The SMILES string of the molecule is CCOC(=O)[C@H](CC(C)C)OC(=O)C(C)(C)C. The number of esters is 2. The van der Waals surface area contributed by atoms with Crippen molar-refractivity contribution in [2.24, 2.45) is 11.3 Å². The van der Waals surface area contributed by atoms with Gasteiger partial charge in [-0.05, 0) is 40.0 Å². The van der Waals surface area contributed by atoms with Crippen LogP contribution in [0.25, 0.3) is 0 Å². The van der Waals surface area contributed by atoms with Gasteiger partial charge in [0.25, 0.3) is 0 Å². The van der Waals surface area contributed by atoms with Gasteiger partial charge in [-0.25, -0.2) is 4.79 Å². The van der Waals surface area contributed by atoms with Crippen LogP contribution in [-0.2, 0) is 19.1 Å². The van der Waals surface area contributed by atoms with Gasteiger partial charge in [-0.2, -0.15) is 0 Å². The molecule has 4 heteroatoms. The molecule has 0 bridgehead atoms. The minimum Gasteiger partial charge on any atom is -0.463 e. The Hall–Kier alpha value is -1.06. The van der Waals surface area contributed by atoms with Gasteiger partial charge in [0.1, 0.15) is 0 Å². The average Bonchev–Trinajstić information content (AvgIpc) is 2.14. The van der Waals surface area contributed by atoms with Crippen LogP contribution in [-0.4, -0.2) is 24.6 Å². The van der Waals surface area contributed by atoms with Gasteiger partial charge in [0, 0.05) is 0 Å². The summed E-state index contributed by atoms with van der Waals surface area (Å²) in [5.41, 5.74) is -0.609. The third-order valence-electron chi connectivity index (χ3n) is 2.10. The topological polar surface area (TPSA) is 52.6 Å². The van der Waals surface area contributed by atoms with Gasteiger partial charge in [-0.3, -0.25) is 4.79 Å². The number of ether oxygens (including phenoxy) is 2. The summed E-state index contributed by atoms with van der Waals surface area (Å²) in [6, 6.07) is 0. The fourth-order valence-electron chi connectivity index (χ4n) is 1.16. The second-order valence-corrected chi connectivity index (χ2v) is 5.53. The lowest BCUT2D eigenvalue weighted by molar-refractivity contribution is -0.173. The molecule has 0 spiro atoms. The lowest BCUT2D eigenvalue weighted by Crippen LogP contribution is -2.35. The first-order valence-corrected chi connectivity index (χ1v) is 6.06. The zero-order valence-corrected chi connectivity index (χ0v) is 11.7. The van der Waals surface area contributed by atoms with Crippen LogP contribution < -0.4 is 0 Å². The molecule has 0 aliphatic carbocycles. The number of carbonyl (C=O) groups excluding carboxylic acids is 2. The van der Waals surface area contributed by atoms with Crippen LogP contribution in [0.2, 0.25) is 0 Å². The Labute approximate surface area is 104 Å². The highest BCUT2D eigenvalue weighted by molar-refractivity contribution is 5.81. The zero-order valence-electron chi connectivity index (χ0n) is 11.7. The van der Waals surface area contributed by atoms with Crippen molar-refractivity contribution >= 4 is 11.9 Å². The Morgan fingerprint density at radius 1 is 1.18 bits per heavy atom.